The van der Waals surface area contributed by atoms with Crippen molar-refractivity contribution >= 4 is 5.91 Å². The summed E-state index contributed by atoms with van der Waals surface area (Å²) in [7, 11) is 1.61. The molecule has 0 spiro atoms. The zero-order valence-electron chi connectivity index (χ0n) is 9.01. The predicted molar refractivity (Wildman–Crippen MR) is 55.1 cm³/mol. The molecule has 4 heteroatoms. The first-order chi connectivity index (χ1) is 6.74. The van der Waals surface area contributed by atoms with Gasteiger partial charge in [0.25, 0.3) is 0 Å². The predicted octanol–water partition coefficient (Wildman–Crippen LogP) is 0.137. The van der Waals surface area contributed by atoms with Gasteiger partial charge < -0.3 is 15.4 Å². The first-order valence-electron chi connectivity index (χ1n) is 5.24. The number of carbonyl (C=O) groups is 1. The Hall–Kier alpha value is -0.610. The molecule has 1 atom stereocenters. The van der Waals surface area contributed by atoms with Crippen LogP contribution in [0, 0.1) is 5.92 Å². The van der Waals surface area contributed by atoms with Gasteiger partial charge >= 0.3 is 0 Å². The molecule has 14 heavy (non-hydrogen) atoms. The minimum atomic E-state index is -0.0547. The van der Waals surface area contributed by atoms with Gasteiger partial charge in [-0.2, -0.15) is 0 Å². The van der Waals surface area contributed by atoms with Gasteiger partial charge in [-0.1, -0.05) is 6.92 Å². The molecule has 0 heterocycles. The number of methoxy groups -OCH3 is 1. The molecule has 0 saturated heterocycles. The van der Waals surface area contributed by atoms with Crippen LogP contribution in [-0.2, 0) is 9.53 Å². The summed E-state index contributed by atoms with van der Waals surface area (Å²) in [4.78, 5) is 11.4. The Bertz CT molecular complexity index is 181. The molecule has 1 rings (SSSR count). The molecular formula is C10H20N2O2. The number of amides is 1. The van der Waals surface area contributed by atoms with E-state index >= 15 is 0 Å². The molecular weight excluding hydrogens is 180 g/mol. The van der Waals surface area contributed by atoms with Gasteiger partial charge in [0.05, 0.1) is 12.5 Å². The summed E-state index contributed by atoms with van der Waals surface area (Å²) in [6.45, 7) is 3.94. The topological polar surface area (TPSA) is 50.4 Å². The van der Waals surface area contributed by atoms with Gasteiger partial charge in [0.1, 0.15) is 0 Å². The molecule has 0 bridgehead atoms. The van der Waals surface area contributed by atoms with Crippen LogP contribution in [0.2, 0.25) is 0 Å². The van der Waals surface area contributed by atoms with Crippen LogP contribution in [0.5, 0.6) is 0 Å². The van der Waals surface area contributed by atoms with Crippen molar-refractivity contribution in [1.82, 2.24) is 10.6 Å². The first-order valence-corrected chi connectivity index (χ1v) is 5.24. The number of nitrogens with one attached hydrogen (secondary N) is 2. The van der Waals surface area contributed by atoms with Crippen molar-refractivity contribution < 1.29 is 9.53 Å². The number of ether oxygens (including phenoxy) is 1. The number of rotatable bonds is 7. The van der Waals surface area contributed by atoms with Gasteiger partial charge in [0, 0.05) is 26.2 Å². The van der Waals surface area contributed by atoms with Crippen molar-refractivity contribution in [3.05, 3.63) is 0 Å². The van der Waals surface area contributed by atoms with E-state index in [4.69, 9.17) is 4.74 Å². The van der Waals surface area contributed by atoms with Crippen LogP contribution in [0.3, 0.4) is 0 Å². The van der Waals surface area contributed by atoms with Gasteiger partial charge in [0.15, 0.2) is 0 Å². The minimum Gasteiger partial charge on any atom is -0.384 e. The highest BCUT2D eigenvalue weighted by molar-refractivity contribution is 5.78. The lowest BCUT2D eigenvalue weighted by molar-refractivity contribution is -0.125. The number of carbonyl (C=O) groups excluding carboxylic acids is 1. The van der Waals surface area contributed by atoms with Gasteiger partial charge in [-0.25, -0.2) is 0 Å². The quantitative estimate of drug-likeness (QED) is 0.575. The number of hydrogen-bond acceptors (Lipinski definition) is 3. The summed E-state index contributed by atoms with van der Waals surface area (Å²) in [5.41, 5.74) is 0. The van der Waals surface area contributed by atoms with Gasteiger partial charge in [-0.05, 0) is 12.8 Å². The molecule has 0 unspecified atom stereocenters. The van der Waals surface area contributed by atoms with Crippen LogP contribution in [0.1, 0.15) is 19.8 Å². The Morgan fingerprint density at radius 2 is 2.21 bits per heavy atom. The molecule has 1 amide bonds. The standard InChI is InChI=1S/C10H20N2O2/c1-8(7-14-2)10(13)12-6-5-11-9-3-4-9/h8-9,11H,3-7H2,1-2H3,(H,12,13)/t8-/m0/s1. The summed E-state index contributed by atoms with van der Waals surface area (Å²) in [6.07, 6.45) is 2.57. The molecule has 0 aliphatic heterocycles. The largest absolute Gasteiger partial charge is 0.384 e. The second kappa shape index (κ2) is 5.98. The Balaban J connectivity index is 1.95. The maximum atomic E-state index is 11.4. The minimum absolute atomic E-state index is 0.0547. The summed E-state index contributed by atoms with van der Waals surface area (Å²) >= 11 is 0. The van der Waals surface area contributed by atoms with E-state index in [1.165, 1.54) is 12.8 Å². The highest BCUT2D eigenvalue weighted by Crippen LogP contribution is 2.17. The van der Waals surface area contributed by atoms with E-state index in [9.17, 15) is 4.79 Å². The second-order valence-electron chi connectivity index (χ2n) is 3.88. The van der Waals surface area contributed by atoms with Crippen molar-refractivity contribution in [2.45, 2.75) is 25.8 Å². The molecule has 1 aliphatic carbocycles. The van der Waals surface area contributed by atoms with Crippen LogP contribution < -0.4 is 10.6 Å². The van der Waals surface area contributed by atoms with E-state index in [2.05, 4.69) is 10.6 Å². The van der Waals surface area contributed by atoms with Gasteiger partial charge in [0.2, 0.25) is 5.91 Å². The summed E-state index contributed by atoms with van der Waals surface area (Å²) < 4.78 is 4.90. The van der Waals surface area contributed by atoms with Crippen LogP contribution >= 0.6 is 0 Å². The molecule has 1 fully saturated rings. The fraction of sp³-hybridized carbons (Fsp3) is 0.900. The third kappa shape index (κ3) is 4.58. The normalized spacial score (nSPS) is 17.9. The van der Waals surface area contributed by atoms with Crippen LogP contribution in [0.25, 0.3) is 0 Å². The lowest BCUT2D eigenvalue weighted by Crippen LogP contribution is -2.36. The molecule has 0 aromatic heterocycles. The molecule has 0 aromatic carbocycles. The van der Waals surface area contributed by atoms with E-state index in [-0.39, 0.29) is 11.8 Å². The lowest BCUT2D eigenvalue weighted by atomic mass is 10.2. The van der Waals surface area contributed by atoms with Crippen LogP contribution in [-0.4, -0.2) is 38.8 Å². The average molecular weight is 200 g/mol. The fourth-order valence-electron chi connectivity index (χ4n) is 1.25. The third-order valence-corrected chi connectivity index (χ3v) is 2.30. The molecule has 1 aliphatic rings. The molecule has 82 valence electrons. The van der Waals surface area contributed by atoms with Crippen molar-refractivity contribution in [3.8, 4) is 0 Å². The number of hydrogen-bond donors (Lipinski definition) is 2. The Morgan fingerprint density at radius 3 is 2.79 bits per heavy atom. The molecule has 1 saturated carbocycles. The van der Waals surface area contributed by atoms with E-state index in [1.54, 1.807) is 7.11 Å². The van der Waals surface area contributed by atoms with E-state index in [0.717, 1.165) is 6.54 Å². The summed E-state index contributed by atoms with van der Waals surface area (Å²) in [5, 5.41) is 6.21. The third-order valence-electron chi connectivity index (χ3n) is 2.30. The van der Waals surface area contributed by atoms with Crippen molar-refractivity contribution in [2.75, 3.05) is 26.8 Å². The zero-order chi connectivity index (χ0) is 10.4. The molecule has 0 radical (unpaired) electrons. The molecule has 0 aromatic rings. The van der Waals surface area contributed by atoms with Crippen LogP contribution in [0.4, 0.5) is 0 Å². The Kier molecular flexibility index (Phi) is 4.90. The summed E-state index contributed by atoms with van der Waals surface area (Å²) in [6, 6.07) is 0.711. The van der Waals surface area contributed by atoms with E-state index in [1.807, 2.05) is 6.92 Å². The average Bonchev–Trinajstić information content (AvgIpc) is 2.96. The fourth-order valence-corrected chi connectivity index (χ4v) is 1.25. The lowest BCUT2D eigenvalue weighted by Gasteiger charge is -2.11. The Labute approximate surface area is 85.4 Å². The maximum Gasteiger partial charge on any atom is 0.225 e. The zero-order valence-corrected chi connectivity index (χ0v) is 9.01. The highest BCUT2D eigenvalue weighted by Gasteiger charge is 2.19. The Morgan fingerprint density at radius 1 is 1.50 bits per heavy atom. The van der Waals surface area contributed by atoms with E-state index in [0.29, 0.717) is 19.2 Å². The van der Waals surface area contributed by atoms with Gasteiger partial charge in [-0.15, -0.1) is 0 Å². The van der Waals surface area contributed by atoms with Gasteiger partial charge in [-0.3, -0.25) is 4.79 Å². The second-order valence-corrected chi connectivity index (χ2v) is 3.88. The van der Waals surface area contributed by atoms with Crippen molar-refractivity contribution in [3.63, 3.8) is 0 Å². The monoisotopic (exact) mass is 200 g/mol. The first kappa shape index (κ1) is 11.5. The summed E-state index contributed by atoms with van der Waals surface area (Å²) in [5.74, 6) is 0.0189. The van der Waals surface area contributed by atoms with Crippen LogP contribution in [0.15, 0.2) is 0 Å². The maximum absolute atomic E-state index is 11.4. The van der Waals surface area contributed by atoms with Crippen molar-refractivity contribution in [1.29, 1.82) is 0 Å². The smallest absolute Gasteiger partial charge is 0.225 e. The van der Waals surface area contributed by atoms with Crippen molar-refractivity contribution in [2.24, 2.45) is 5.92 Å². The van der Waals surface area contributed by atoms with E-state index < -0.39 is 0 Å². The SMILES string of the molecule is COC[C@H](C)C(=O)NCCNC1CC1. The molecule has 4 nitrogen and oxygen atoms in total. The molecule has 2 N–H and O–H groups in total. The highest BCUT2D eigenvalue weighted by atomic mass is 16.5.